The van der Waals surface area contributed by atoms with E-state index in [-0.39, 0.29) is 6.42 Å². The number of aryl methyl sites for hydroxylation is 1. The van der Waals surface area contributed by atoms with Gasteiger partial charge in [-0.1, -0.05) is 43.3 Å². The maximum atomic E-state index is 11.3. The van der Waals surface area contributed by atoms with Gasteiger partial charge in [0.2, 0.25) is 6.41 Å². The van der Waals surface area contributed by atoms with Crippen molar-refractivity contribution in [2.45, 2.75) is 25.8 Å². The van der Waals surface area contributed by atoms with E-state index in [1.54, 1.807) is 0 Å². The summed E-state index contributed by atoms with van der Waals surface area (Å²) in [5.74, 6) is -0.601. The first-order chi connectivity index (χ1) is 12.6. The van der Waals surface area contributed by atoms with Crippen molar-refractivity contribution in [2.24, 2.45) is 5.73 Å². The zero-order valence-corrected chi connectivity index (χ0v) is 14.5. The van der Waals surface area contributed by atoms with Gasteiger partial charge in [0.25, 0.3) is 0 Å². The molecule has 6 nitrogen and oxygen atoms in total. The second-order valence-corrected chi connectivity index (χ2v) is 6.13. The number of hydrogen-bond donors (Lipinski definition) is 4. The van der Waals surface area contributed by atoms with E-state index >= 15 is 0 Å². The lowest BCUT2D eigenvalue weighted by Crippen LogP contribution is -2.32. The van der Waals surface area contributed by atoms with Gasteiger partial charge in [0.15, 0.2) is 0 Å². The molecule has 1 heterocycles. The molecular weight excluding hydrogens is 330 g/mol. The van der Waals surface area contributed by atoms with E-state index in [4.69, 9.17) is 5.73 Å². The van der Waals surface area contributed by atoms with Gasteiger partial charge in [-0.15, -0.1) is 0 Å². The number of rotatable bonds is 7. The zero-order chi connectivity index (χ0) is 18.7. The van der Waals surface area contributed by atoms with Crippen molar-refractivity contribution in [3.63, 3.8) is 0 Å². The van der Waals surface area contributed by atoms with Crippen LogP contribution in [0.4, 0.5) is 5.82 Å². The van der Waals surface area contributed by atoms with Crippen molar-refractivity contribution >= 4 is 29.1 Å². The number of anilines is 1. The average Bonchev–Trinajstić information content (AvgIpc) is 2.99. The molecule has 0 aliphatic carbocycles. The molecule has 1 amide bonds. The molecule has 0 fully saturated rings. The number of carboxylic acid groups (broad SMARTS) is 1. The molecule has 1 atom stereocenters. The minimum atomic E-state index is -1.08. The molecule has 0 aliphatic rings. The molecular formula is C20H21N3O3. The molecule has 0 unspecified atom stereocenters. The van der Waals surface area contributed by atoms with E-state index in [2.05, 4.69) is 23.3 Å². The summed E-state index contributed by atoms with van der Waals surface area (Å²) < 4.78 is 0. The smallest absolute Gasteiger partial charge is 0.320 e. The second kappa shape index (κ2) is 7.41. The summed E-state index contributed by atoms with van der Waals surface area (Å²) >= 11 is 0. The van der Waals surface area contributed by atoms with Gasteiger partial charge in [0, 0.05) is 22.9 Å². The van der Waals surface area contributed by atoms with E-state index < -0.39 is 12.0 Å². The molecule has 0 saturated carbocycles. The number of aliphatic carboxylic acids is 1. The van der Waals surface area contributed by atoms with Gasteiger partial charge in [-0.25, -0.2) is 0 Å². The topological polar surface area (TPSA) is 108 Å². The maximum absolute atomic E-state index is 11.3. The molecule has 6 heteroatoms. The molecule has 3 rings (SSSR count). The molecule has 0 spiro atoms. The highest BCUT2D eigenvalue weighted by Crippen LogP contribution is 2.37. The minimum absolute atomic E-state index is 0.108. The number of carbonyl (C=O) groups is 2. The molecule has 5 N–H and O–H groups in total. The fourth-order valence-electron chi connectivity index (χ4n) is 3.33. The third-order valence-electron chi connectivity index (χ3n) is 4.56. The predicted molar refractivity (Wildman–Crippen MR) is 102 cm³/mol. The number of fused-ring (bicyclic) bond motifs is 1. The van der Waals surface area contributed by atoms with Crippen molar-refractivity contribution in [2.75, 3.05) is 5.32 Å². The third kappa shape index (κ3) is 3.19. The van der Waals surface area contributed by atoms with Crippen molar-refractivity contribution in [3.8, 4) is 11.1 Å². The maximum Gasteiger partial charge on any atom is 0.320 e. The largest absolute Gasteiger partial charge is 0.480 e. The molecule has 0 aliphatic heterocycles. The molecule has 0 radical (unpaired) electrons. The number of aromatic amines is 1. The van der Waals surface area contributed by atoms with E-state index in [1.807, 2.05) is 36.4 Å². The Balaban J connectivity index is 2.27. The fourth-order valence-corrected chi connectivity index (χ4v) is 3.33. The lowest BCUT2D eigenvalue weighted by molar-refractivity contribution is -0.138. The first-order valence-corrected chi connectivity index (χ1v) is 8.47. The van der Waals surface area contributed by atoms with Crippen LogP contribution in [-0.2, 0) is 22.4 Å². The van der Waals surface area contributed by atoms with Gasteiger partial charge in [-0.05, 0) is 29.2 Å². The Hall–Kier alpha value is -3.12. The average molecular weight is 351 g/mol. The first-order valence-electron chi connectivity index (χ1n) is 8.47. The standard InChI is InChI=1S/C20H21N3O3/c1-2-12-6-3-4-7-13(12)14-8-5-9-17-18(14)15(10-16(21)20(25)26)19(23-17)22-11-24/h3-9,11,16,23H,2,10,21H2,1H3,(H,22,24)(H,25,26)/t16-/m0/s1. The van der Waals surface area contributed by atoms with Gasteiger partial charge < -0.3 is 21.1 Å². The molecule has 134 valence electrons. The lowest BCUT2D eigenvalue weighted by Gasteiger charge is -2.12. The summed E-state index contributed by atoms with van der Waals surface area (Å²) in [6.07, 6.45) is 1.55. The Morgan fingerprint density at radius 1 is 1.23 bits per heavy atom. The Bertz CT molecular complexity index is 962. The molecule has 2 aromatic carbocycles. The van der Waals surface area contributed by atoms with Crippen LogP contribution < -0.4 is 11.1 Å². The number of nitrogens with two attached hydrogens (primary N) is 1. The Morgan fingerprint density at radius 3 is 2.65 bits per heavy atom. The van der Waals surface area contributed by atoms with Gasteiger partial charge >= 0.3 is 5.97 Å². The van der Waals surface area contributed by atoms with E-state index in [9.17, 15) is 14.7 Å². The number of H-pyrrole nitrogens is 1. The summed E-state index contributed by atoms with van der Waals surface area (Å²) in [6.45, 7) is 2.09. The number of aromatic nitrogens is 1. The number of hydrogen-bond acceptors (Lipinski definition) is 3. The van der Waals surface area contributed by atoms with Gasteiger partial charge in [0.1, 0.15) is 11.9 Å². The van der Waals surface area contributed by atoms with Crippen molar-refractivity contribution in [1.29, 1.82) is 0 Å². The summed E-state index contributed by atoms with van der Waals surface area (Å²) in [6, 6.07) is 12.9. The summed E-state index contributed by atoms with van der Waals surface area (Å²) in [7, 11) is 0. The lowest BCUT2D eigenvalue weighted by atomic mass is 9.92. The van der Waals surface area contributed by atoms with Crippen molar-refractivity contribution in [3.05, 3.63) is 53.6 Å². The molecule has 3 aromatic rings. The highest BCUT2D eigenvalue weighted by Gasteiger charge is 2.21. The van der Waals surface area contributed by atoms with Crippen LogP contribution in [0, 0.1) is 0 Å². The SMILES string of the molecule is CCc1ccccc1-c1cccc2[nH]c(NC=O)c(C[C@H](N)C(=O)O)c12. The van der Waals surface area contributed by atoms with Crippen molar-refractivity contribution in [1.82, 2.24) is 4.98 Å². The van der Waals surface area contributed by atoms with Crippen LogP contribution in [0.3, 0.4) is 0 Å². The first kappa shape index (κ1) is 17.7. The number of carbonyl (C=O) groups excluding carboxylic acids is 1. The zero-order valence-electron chi connectivity index (χ0n) is 14.5. The number of nitrogens with one attached hydrogen (secondary N) is 2. The third-order valence-corrected chi connectivity index (χ3v) is 4.56. The minimum Gasteiger partial charge on any atom is -0.480 e. The molecule has 26 heavy (non-hydrogen) atoms. The van der Waals surface area contributed by atoms with Crippen LogP contribution in [0.25, 0.3) is 22.0 Å². The van der Waals surface area contributed by atoms with Crippen LogP contribution in [0.1, 0.15) is 18.1 Å². The Kier molecular flexibility index (Phi) is 5.04. The normalized spacial score (nSPS) is 12.1. The van der Waals surface area contributed by atoms with E-state index in [1.165, 1.54) is 5.56 Å². The molecule has 0 saturated heterocycles. The quantitative estimate of drug-likeness (QED) is 0.491. The van der Waals surface area contributed by atoms with Crippen LogP contribution in [-0.4, -0.2) is 28.5 Å². The number of benzene rings is 2. The van der Waals surface area contributed by atoms with Crippen molar-refractivity contribution < 1.29 is 14.7 Å². The van der Waals surface area contributed by atoms with Gasteiger partial charge in [-0.2, -0.15) is 0 Å². The highest BCUT2D eigenvalue weighted by atomic mass is 16.4. The van der Waals surface area contributed by atoms with Crippen LogP contribution in [0.2, 0.25) is 0 Å². The van der Waals surface area contributed by atoms with Gasteiger partial charge in [0.05, 0.1) is 0 Å². The monoisotopic (exact) mass is 351 g/mol. The molecule has 0 bridgehead atoms. The highest BCUT2D eigenvalue weighted by molar-refractivity contribution is 6.02. The molecule has 1 aromatic heterocycles. The van der Waals surface area contributed by atoms with E-state index in [0.717, 1.165) is 28.5 Å². The van der Waals surface area contributed by atoms with Crippen LogP contribution >= 0.6 is 0 Å². The summed E-state index contributed by atoms with van der Waals surface area (Å²) in [5.41, 5.74) is 10.6. The number of amides is 1. The summed E-state index contributed by atoms with van der Waals surface area (Å²) in [5, 5.41) is 12.7. The number of carboxylic acids is 1. The van der Waals surface area contributed by atoms with Gasteiger partial charge in [-0.3, -0.25) is 9.59 Å². The Labute approximate surface area is 151 Å². The second-order valence-electron chi connectivity index (χ2n) is 6.13. The van der Waals surface area contributed by atoms with Crippen LogP contribution in [0.15, 0.2) is 42.5 Å². The van der Waals surface area contributed by atoms with Crippen LogP contribution in [0.5, 0.6) is 0 Å². The summed E-state index contributed by atoms with van der Waals surface area (Å²) in [4.78, 5) is 25.4. The predicted octanol–water partition coefficient (Wildman–Crippen LogP) is 2.92. The fraction of sp³-hybridized carbons (Fsp3) is 0.200. The Morgan fingerprint density at radius 2 is 1.96 bits per heavy atom. The van der Waals surface area contributed by atoms with E-state index in [0.29, 0.717) is 17.8 Å².